The Labute approximate surface area is 85.0 Å². The molecule has 0 aliphatic carbocycles. The quantitative estimate of drug-likeness (QED) is 0.658. The van der Waals surface area contributed by atoms with Gasteiger partial charge in [-0.1, -0.05) is 13.8 Å². The maximum Gasteiger partial charge on any atom is 0.306 e. The van der Waals surface area contributed by atoms with Crippen LogP contribution in [0.5, 0.6) is 0 Å². The second-order valence-electron chi connectivity index (χ2n) is 3.21. The van der Waals surface area contributed by atoms with Gasteiger partial charge in [0.05, 0.1) is 6.54 Å². The first kappa shape index (κ1) is 12.9. The van der Waals surface area contributed by atoms with Crippen LogP contribution in [0.15, 0.2) is 0 Å². The molecule has 4 heteroatoms. The Kier molecular flexibility index (Phi) is 6.80. The van der Waals surface area contributed by atoms with Crippen LogP contribution in [0.3, 0.4) is 0 Å². The van der Waals surface area contributed by atoms with Crippen LogP contribution in [0.25, 0.3) is 0 Å². The van der Waals surface area contributed by atoms with Crippen LogP contribution < -0.4 is 5.32 Å². The largest absolute Gasteiger partial charge is 0.460 e. The molecule has 0 radical (unpaired) electrons. The lowest BCUT2D eigenvalue weighted by Crippen LogP contribution is -2.33. The molecule has 82 valence electrons. The Bertz CT molecular complexity index is 192. The van der Waals surface area contributed by atoms with Gasteiger partial charge in [0.15, 0.2) is 0 Å². The third-order valence-corrected chi connectivity index (χ3v) is 1.79. The van der Waals surface area contributed by atoms with Crippen molar-refractivity contribution in [2.45, 2.75) is 46.1 Å². The van der Waals surface area contributed by atoms with Gasteiger partial charge < -0.3 is 10.1 Å². The Morgan fingerprint density at radius 1 is 1.36 bits per heavy atom. The smallest absolute Gasteiger partial charge is 0.306 e. The van der Waals surface area contributed by atoms with Crippen molar-refractivity contribution in [3.05, 3.63) is 0 Å². The summed E-state index contributed by atoms with van der Waals surface area (Å²) in [7, 11) is 0. The van der Waals surface area contributed by atoms with Crippen molar-refractivity contribution < 1.29 is 14.3 Å². The number of amides is 1. The van der Waals surface area contributed by atoms with Crippen molar-refractivity contribution in [3.63, 3.8) is 0 Å². The summed E-state index contributed by atoms with van der Waals surface area (Å²) >= 11 is 0. The number of carbonyl (C=O) groups is 2. The molecule has 0 aromatic carbocycles. The van der Waals surface area contributed by atoms with Crippen molar-refractivity contribution in [1.29, 1.82) is 0 Å². The molecule has 0 aromatic rings. The molecule has 0 saturated carbocycles. The van der Waals surface area contributed by atoms with Crippen LogP contribution in [0.4, 0.5) is 0 Å². The number of carbonyl (C=O) groups excluding carboxylic acids is 2. The fourth-order valence-electron chi connectivity index (χ4n) is 0.976. The van der Waals surface area contributed by atoms with Crippen molar-refractivity contribution in [3.8, 4) is 0 Å². The highest BCUT2D eigenvalue weighted by atomic mass is 16.5. The van der Waals surface area contributed by atoms with E-state index >= 15 is 0 Å². The van der Waals surface area contributed by atoms with E-state index in [0.29, 0.717) is 13.0 Å². The first-order chi connectivity index (χ1) is 6.60. The van der Waals surface area contributed by atoms with Crippen LogP contribution in [0.1, 0.15) is 40.0 Å². The van der Waals surface area contributed by atoms with Crippen LogP contribution >= 0.6 is 0 Å². The fourth-order valence-corrected chi connectivity index (χ4v) is 0.976. The summed E-state index contributed by atoms with van der Waals surface area (Å²) in [5, 5.41) is 2.63. The van der Waals surface area contributed by atoms with E-state index in [-0.39, 0.29) is 18.0 Å². The van der Waals surface area contributed by atoms with Crippen molar-refractivity contribution in [2.24, 2.45) is 0 Å². The predicted octanol–water partition coefficient (Wildman–Crippen LogP) is 1.24. The highest BCUT2D eigenvalue weighted by Gasteiger charge is 2.11. The van der Waals surface area contributed by atoms with Crippen LogP contribution in [-0.4, -0.2) is 24.5 Å². The van der Waals surface area contributed by atoms with E-state index in [2.05, 4.69) is 5.32 Å². The number of nitrogens with one attached hydrogen (secondary N) is 1. The molecule has 1 atom stereocenters. The van der Waals surface area contributed by atoms with Gasteiger partial charge in [-0.15, -0.1) is 0 Å². The number of hydrogen-bond acceptors (Lipinski definition) is 3. The fraction of sp³-hybridized carbons (Fsp3) is 0.800. The molecule has 0 spiro atoms. The maximum absolute atomic E-state index is 11.1. The van der Waals surface area contributed by atoms with Gasteiger partial charge in [0, 0.05) is 13.3 Å². The summed E-state index contributed by atoms with van der Waals surface area (Å²) in [6.45, 7) is 5.70. The third kappa shape index (κ3) is 6.46. The Morgan fingerprint density at radius 2 is 2.00 bits per heavy atom. The zero-order valence-electron chi connectivity index (χ0n) is 9.13. The van der Waals surface area contributed by atoms with Crippen molar-refractivity contribution in [2.75, 3.05) is 6.54 Å². The third-order valence-electron chi connectivity index (χ3n) is 1.79. The molecule has 14 heavy (non-hydrogen) atoms. The molecule has 1 N–H and O–H groups in total. The molecule has 1 amide bonds. The first-order valence-corrected chi connectivity index (χ1v) is 5.04. The summed E-state index contributed by atoms with van der Waals surface area (Å²) in [6, 6.07) is 0. The van der Waals surface area contributed by atoms with Gasteiger partial charge in [-0.3, -0.25) is 9.59 Å². The minimum atomic E-state index is -0.196. The normalized spacial score (nSPS) is 11.9. The molecular weight excluding hydrogens is 182 g/mol. The topological polar surface area (TPSA) is 55.4 Å². The SMILES string of the molecule is CCCC(=O)OC(CC)CNC(C)=O. The zero-order valence-corrected chi connectivity index (χ0v) is 9.13. The highest BCUT2D eigenvalue weighted by Crippen LogP contribution is 2.00. The molecule has 0 rings (SSSR count). The van der Waals surface area contributed by atoms with Crippen molar-refractivity contribution in [1.82, 2.24) is 5.32 Å². The number of ether oxygens (including phenoxy) is 1. The highest BCUT2D eigenvalue weighted by molar-refractivity contribution is 5.73. The molecule has 0 fully saturated rings. The number of rotatable bonds is 6. The minimum Gasteiger partial charge on any atom is -0.460 e. The van der Waals surface area contributed by atoms with Gasteiger partial charge >= 0.3 is 5.97 Å². The molecule has 0 aromatic heterocycles. The lowest BCUT2D eigenvalue weighted by atomic mass is 10.2. The van der Waals surface area contributed by atoms with E-state index < -0.39 is 0 Å². The monoisotopic (exact) mass is 201 g/mol. The van der Waals surface area contributed by atoms with Gasteiger partial charge in [-0.25, -0.2) is 0 Å². The number of hydrogen-bond donors (Lipinski definition) is 1. The minimum absolute atomic E-state index is 0.102. The predicted molar refractivity (Wildman–Crippen MR) is 53.8 cm³/mol. The summed E-state index contributed by atoms with van der Waals surface area (Å²) in [5.74, 6) is -0.292. The molecule has 0 aliphatic rings. The van der Waals surface area contributed by atoms with E-state index in [1.807, 2.05) is 13.8 Å². The summed E-state index contributed by atoms with van der Waals surface area (Å²) in [6.07, 6.45) is 1.75. The Hall–Kier alpha value is -1.06. The van der Waals surface area contributed by atoms with Gasteiger partial charge in [-0.05, 0) is 12.8 Å². The van der Waals surface area contributed by atoms with Gasteiger partial charge in [0.25, 0.3) is 0 Å². The average molecular weight is 201 g/mol. The van der Waals surface area contributed by atoms with Gasteiger partial charge in [0.1, 0.15) is 6.10 Å². The second-order valence-corrected chi connectivity index (χ2v) is 3.21. The molecule has 1 unspecified atom stereocenters. The Morgan fingerprint density at radius 3 is 2.43 bits per heavy atom. The zero-order chi connectivity index (χ0) is 11.0. The van der Waals surface area contributed by atoms with E-state index in [9.17, 15) is 9.59 Å². The van der Waals surface area contributed by atoms with Crippen LogP contribution in [0.2, 0.25) is 0 Å². The summed E-state index contributed by atoms with van der Waals surface area (Å²) in [4.78, 5) is 21.7. The van der Waals surface area contributed by atoms with Crippen LogP contribution in [-0.2, 0) is 14.3 Å². The van der Waals surface area contributed by atoms with E-state index in [4.69, 9.17) is 4.74 Å². The molecule has 4 nitrogen and oxygen atoms in total. The summed E-state index contributed by atoms with van der Waals surface area (Å²) < 4.78 is 5.14. The first-order valence-electron chi connectivity index (χ1n) is 5.04. The lowest BCUT2D eigenvalue weighted by molar-refractivity contribution is -0.149. The van der Waals surface area contributed by atoms with Crippen LogP contribution in [0, 0.1) is 0 Å². The number of esters is 1. The summed E-state index contributed by atoms with van der Waals surface area (Å²) in [5.41, 5.74) is 0. The molecule has 0 heterocycles. The average Bonchev–Trinajstić information content (AvgIpc) is 2.12. The molecule has 0 saturated heterocycles. The standard InChI is InChI=1S/C10H19NO3/c1-4-6-10(13)14-9(5-2)7-11-8(3)12/h9H,4-7H2,1-3H3,(H,11,12). The van der Waals surface area contributed by atoms with Gasteiger partial charge in [0.2, 0.25) is 5.91 Å². The molecular formula is C10H19NO3. The van der Waals surface area contributed by atoms with E-state index in [1.165, 1.54) is 6.92 Å². The van der Waals surface area contributed by atoms with E-state index in [0.717, 1.165) is 12.8 Å². The van der Waals surface area contributed by atoms with E-state index in [1.54, 1.807) is 0 Å². The maximum atomic E-state index is 11.1. The molecule has 0 aliphatic heterocycles. The Balaban J connectivity index is 3.78. The van der Waals surface area contributed by atoms with Gasteiger partial charge in [-0.2, -0.15) is 0 Å². The van der Waals surface area contributed by atoms with Crippen molar-refractivity contribution >= 4 is 11.9 Å². The molecule has 0 bridgehead atoms. The lowest BCUT2D eigenvalue weighted by Gasteiger charge is -2.15. The second kappa shape index (κ2) is 7.35.